The van der Waals surface area contributed by atoms with Gasteiger partial charge < -0.3 is 10.6 Å². The van der Waals surface area contributed by atoms with Crippen molar-refractivity contribution in [2.75, 3.05) is 18.4 Å². The average molecular weight is 278 g/mol. The first-order valence-corrected chi connectivity index (χ1v) is 7.10. The molecule has 1 aromatic heterocycles. The number of rotatable bonds is 3. The van der Waals surface area contributed by atoms with E-state index in [1.54, 1.807) is 6.20 Å². The highest BCUT2D eigenvalue weighted by Crippen LogP contribution is 2.22. The van der Waals surface area contributed by atoms with Crippen molar-refractivity contribution < 1.29 is 9.59 Å². The van der Waals surface area contributed by atoms with Crippen LogP contribution in [0.2, 0.25) is 0 Å². The third kappa shape index (κ3) is 2.39. The van der Waals surface area contributed by atoms with E-state index in [0.717, 1.165) is 19.4 Å². The lowest BCUT2D eigenvalue weighted by molar-refractivity contribution is -0.140. The van der Waals surface area contributed by atoms with E-state index in [2.05, 4.69) is 15.6 Å². The zero-order valence-corrected chi connectivity index (χ0v) is 11.1. The number of nitrogens with one attached hydrogen (secondary N) is 2. The Morgan fingerprint density at radius 2 is 2.37 bits per heavy atom. The number of imide groups is 1. The summed E-state index contributed by atoms with van der Waals surface area (Å²) in [5.74, 6) is -0.494. The summed E-state index contributed by atoms with van der Waals surface area (Å²) in [6.45, 7) is 1.63. The molecule has 0 spiro atoms. The monoisotopic (exact) mass is 278 g/mol. The lowest BCUT2D eigenvalue weighted by Gasteiger charge is -2.30. The smallest absolute Gasteiger partial charge is 0.277 e. The molecule has 0 aliphatic carbocycles. The van der Waals surface area contributed by atoms with Crippen molar-refractivity contribution in [1.82, 2.24) is 15.2 Å². The highest BCUT2D eigenvalue weighted by Gasteiger charge is 2.37. The Bertz CT molecular complexity index is 520. The first-order chi connectivity index (χ1) is 9.25. The molecule has 1 saturated heterocycles. The number of hydrogen-bond donors (Lipinski definition) is 2. The van der Waals surface area contributed by atoms with Gasteiger partial charge in [0.1, 0.15) is 5.70 Å². The van der Waals surface area contributed by atoms with Crippen molar-refractivity contribution in [3.8, 4) is 0 Å². The molecule has 2 amide bonds. The van der Waals surface area contributed by atoms with E-state index in [1.807, 2.05) is 5.38 Å². The second-order valence-electron chi connectivity index (χ2n) is 4.53. The third-order valence-corrected chi connectivity index (χ3v) is 3.95. The molecule has 7 heteroatoms. The van der Waals surface area contributed by atoms with Gasteiger partial charge >= 0.3 is 0 Å². The SMILES string of the molecule is O=C1C=C(Nc2nccs2)C(=O)N1C1CCCNC1. The summed E-state index contributed by atoms with van der Waals surface area (Å²) in [5, 5.41) is 8.55. The number of hydrogen-bond acceptors (Lipinski definition) is 6. The molecule has 0 saturated carbocycles. The van der Waals surface area contributed by atoms with Crippen LogP contribution in [0.25, 0.3) is 0 Å². The van der Waals surface area contributed by atoms with Gasteiger partial charge in [-0.15, -0.1) is 11.3 Å². The number of carbonyl (C=O) groups excluding carboxylic acids is 2. The van der Waals surface area contributed by atoms with Gasteiger partial charge in [-0.1, -0.05) is 0 Å². The average Bonchev–Trinajstić information content (AvgIpc) is 3.01. The molecule has 19 heavy (non-hydrogen) atoms. The Balaban J connectivity index is 1.73. The first kappa shape index (κ1) is 12.3. The fourth-order valence-corrected chi connectivity index (χ4v) is 2.92. The van der Waals surface area contributed by atoms with E-state index < -0.39 is 0 Å². The largest absolute Gasteiger partial charge is 0.327 e. The second-order valence-corrected chi connectivity index (χ2v) is 5.43. The second kappa shape index (κ2) is 5.10. The quantitative estimate of drug-likeness (QED) is 0.790. The van der Waals surface area contributed by atoms with Crippen LogP contribution >= 0.6 is 11.3 Å². The van der Waals surface area contributed by atoms with Crippen molar-refractivity contribution in [2.24, 2.45) is 0 Å². The number of thiazole rings is 1. The number of carbonyl (C=O) groups is 2. The molecule has 2 aliphatic heterocycles. The zero-order valence-electron chi connectivity index (χ0n) is 10.3. The van der Waals surface area contributed by atoms with Gasteiger partial charge in [-0.25, -0.2) is 4.98 Å². The maximum absolute atomic E-state index is 12.3. The highest BCUT2D eigenvalue weighted by atomic mass is 32.1. The van der Waals surface area contributed by atoms with Crippen LogP contribution in [0.4, 0.5) is 5.13 Å². The fourth-order valence-electron chi connectivity index (χ4n) is 2.37. The topological polar surface area (TPSA) is 74.3 Å². The molecule has 6 nitrogen and oxygen atoms in total. The van der Waals surface area contributed by atoms with E-state index >= 15 is 0 Å². The molecule has 3 heterocycles. The predicted molar refractivity (Wildman–Crippen MR) is 71.6 cm³/mol. The maximum Gasteiger partial charge on any atom is 0.277 e. The van der Waals surface area contributed by atoms with E-state index in [-0.39, 0.29) is 17.9 Å². The molecule has 100 valence electrons. The van der Waals surface area contributed by atoms with E-state index in [4.69, 9.17) is 0 Å². The first-order valence-electron chi connectivity index (χ1n) is 6.22. The zero-order chi connectivity index (χ0) is 13.2. The number of nitrogens with zero attached hydrogens (tertiary/aromatic N) is 2. The van der Waals surface area contributed by atoms with Crippen molar-refractivity contribution >= 4 is 28.3 Å². The normalized spacial score (nSPS) is 23.7. The fraction of sp³-hybridized carbons (Fsp3) is 0.417. The Hall–Kier alpha value is -1.73. The molecule has 0 radical (unpaired) electrons. The van der Waals surface area contributed by atoms with Crippen LogP contribution in [0.3, 0.4) is 0 Å². The lowest BCUT2D eigenvalue weighted by Crippen LogP contribution is -2.49. The Morgan fingerprint density at radius 3 is 3.05 bits per heavy atom. The lowest BCUT2D eigenvalue weighted by atomic mass is 10.1. The van der Waals surface area contributed by atoms with Crippen LogP contribution in [-0.2, 0) is 9.59 Å². The summed E-state index contributed by atoms with van der Waals surface area (Å²) in [5.41, 5.74) is 0.311. The minimum Gasteiger partial charge on any atom is -0.327 e. The van der Waals surface area contributed by atoms with Gasteiger partial charge in [0.05, 0.1) is 6.04 Å². The Morgan fingerprint density at radius 1 is 1.47 bits per heavy atom. The molecular formula is C12H14N4O2S. The predicted octanol–water partition coefficient (Wildman–Crippen LogP) is 0.560. The molecule has 0 aromatic carbocycles. The summed E-state index contributed by atoms with van der Waals surface area (Å²) in [6.07, 6.45) is 4.86. The number of anilines is 1. The van der Waals surface area contributed by atoms with Gasteiger partial charge in [0.15, 0.2) is 5.13 Å². The maximum atomic E-state index is 12.3. The van der Waals surface area contributed by atoms with Gasteiger partial charge in [-0.05, 0) is 19.4 Å². The number of amides is 2. The summed E-state index contributed by atoms with van der Waals surface area (Å²) in [4.78, 5) is 29.6. The summed E-state index contributed by atoms with van der Waals surface area (Å²) < 4.78 is 0. The number of aromatic nitrogens is 1. The van der Waals surface area contributed by atoms with Gasteiger partial charge in [-0.2, -0.15) is 0 Å². The van der Waals surface area contributed by atoms with Gasteiger partial charge in [0.2, 0.25) is 0 Å². The van der Waals surface area contributed by atoms with Crippen LogP contribution in [0.15, 0.2) is 23.3 Å². The molecule has 1 atom stereocenters. The Labute approximate surface area is 114 Å². The van der Waals surface area contributed by atoms with Crippen LogP contribution in [0.5, 0.6) is 0 Å². The van der Waals surface area contributed by atoms with E-state index in [0.29, 0.717) is 17.4 Å². The van der Waals surface area contributed by atoms with Crippen molar-refractivity contribution in [1.29, 1.82) is 0 Å². The molecule has 1 unspecified atom stereocenters. The standard InChI is InChI=1S/C12H14N4O2S/c17-10-6-9(15-12-14-4-5-19-12)11(18)16(10)8-2-1-3-13-7-8/h4-6,8,13H,1-3,7H2,(H,14,15). The molecule has 0 bridgehead atoms. The summed E-state index contributed by atoms with van der Waals surface area (Å²) in [6, 6.07) is -0.0411. The summed E-state index contributed by atoms with van der Waals surface area (Å²) in [7, 11) is 0. The van der Waals surface area contributed by atoms with Crippen molar-refractivity contribution in [3.05, 3.63) is 23.3 Å². The van der Waals surface area contributed by atoms with Gasteiger partial charge in [0, 0.05) is 24.2 Å². The molecule has 1 fully saturated rings. The molecule has 2 N–H and O–H groups in total. The van der Waals surface area contributed by atoms with Crippen LogP contribution in [-0.4, -0.2) is 40.8 Å². The molecule has 2 aliphatic rings. The molecule has 1 aromatic rings. The molecular weight excluding hydrogens is 264 g/mol. The van der Waals surface area contributed by atoms with Gasteiger partial charge in [0.25, 0.3) is 11.8 Å². The van der Waals surface area contributed by atoms with Gasteiger partial charge in [-0.3, -0.25) is 14.5 Å². The van der Waals surface area contributed by atoms with Crippen LogP contribution in [0.1, 0.15) is 12.8 Å². The van der Waals surface area contributed by atoms with Crippen molar-refractivity contribution in [3.63, 3.8) is 0 Å². The Kier molecular flexibility index (Phi) is 3.31. The van der Waals surface area contributed by atoms with Crippen LogP contribution in [0, 0.1) is 0 Å². The third-order valence-electron chi connectivity index (χ3n) is 3.26. The minimum atomic E-state index is -0.256. The number of piperidine rings is 1. The summed E-state index contributed by atoms with van der Waals surface area (Å²) >= 11 is 1.39. The van der Waals surface area contributed by atoms with E-state index in [1.165, 1.54) is 22.3 Å². The van der Waals surface area contributed by atoms with Crippen LogP contribution < -0.4 is 10.6 Å². The highest BCUT2D eigenvalue weighted by molar-refractivity contribution is 7.13. The van der Waals surface area contributed by atoms with E-state index in [9.17, 15) is 9.59 Å². The minimum absolute atomic E-state index is 0.0411. The molecule has 3 rings (SSSR count). The van der Waals surface area contributed by atoms with Crippen molar-refractivity contribution in [2.45, 2.75) is 18.9 Å².